The van der Waals surface area contributed by atoms with Crippen molar-refractivity contribution in [2.45, 2.75) is 32.1 Å². The van der Waals surface area contributed by atoms with Gasteiger partial charge in [-0.1, -0.05) is 23.7 Å². The van der Waals surface area contributed by atoms with Gasteiger partial charge in [0.05, 0.1) is 16.1 Å². The van der Waals surface area contributed by atoms with Gasteiger partial charge in [-0.05, 0) is 42.9 Å². The number of piperidine rings is 1. The Labute approximate surface area is 174 Å². The van der Waals surface area contributed by atoms with E-state index in [2.05, 4.69) is 32.7 Å². The highest BCUT2D eigenvalue weighted by Crippen LogP contribution is 2.43. The number of carbonyl (C=O) groups excluding carboxylic acids is 2. The van der Waals surface area contributed by atoms with Crippen LogP contribution in [0.1, 0.15) is 31.2 Å². The maximum atomic E-state index is 12.3. The molecule has 0 bridgehead atoms. The minimum atomic E-state index is -0.216. The van der Waals surface area contributed by atoms with E-state index in [0.717, 1.165) is 73.4 Å². The summed E-state index contributed by atoms with van der Waals surface area (Å²) in [6.45, 7) is 2.35. The molecule has 2 N–H and O–H groups in total. The molecule has 0 unspecified atom stereocenters. The van der Waals surface area contributed by atoms with Gasteiger partial charge in [-0.15, -0.1) is 0 Å². The molecule has 2 saturated heterocycles. The molecule has 2 fully saturated rings. The van der Waals surface area contributed by atoms with E-state index < -0.39 is 0 Å². The lowest BCUT2D eigenvalue weighted by Crippen LogP contribution is -2.44. The second kappa shape index (κ2) is 7.02. The summed E-state index contributed by atoms with van der Waals surface area (Å²) in [5.74, 6) is 0.249. The van der Waals surface area contributed by atoms with Gasteiger partial charge < -0.3 is 15.5 Å². The highest BCUT2D eigenvalue weighted by molar-refractivity contribution is 6.33. The van der Waals surface area contributed by atoms with Gasteiger partial charge in [-0.2, -0.15) is 0 Å². The molecule has 6 nitrogen and oxygen atoms in total. The number of pyridine rings is 1. The van der Waals surface area contributed by atoms with Crippen molar-refractivity contribution in [3.8, 4) is 11.1 Å². The lowest BCUT2D eigenvalue weighted by Gasteiger charge is -2.39. The number of hydrogen-bond donors (Lipinski definition) is 2. The molecule has 150 valence electrons. The van der Waals surface area contributed by atoms with E-state index in [9.17, 15) is 9.59 Å². The highest BCUT2D eigenvalue weighted by Gasteiger charge is 2.44. The van der Waals surface area contributed by atoms with Crippen LogP contribution in [0.2, 0.25) is 5.02 Å². The summed E-state index contributed by atoms with van der Waals surface area (Å²) < 4.78 is 0. The summed E-state index contributed by atoms with van der Waals surface area (Å²) in [6, 6.07) is 6.16. The molecular formula is C22H23ClN4O2. The number of nitrogens with zero attached hydrogens (tertiary/aromatic N) is 2. The molecular weight excluding hydrogens is 388 g/mol. The smallest absolute Gasteiger partial charge is 0.226 e. The van der Waals surface area contributed by atoms with Crippen molar-refractivity contribution in [1.82, 2.24) is 10.3 Å². The molecule has 3 aliphatic heterocycles. The first kappa shape index (κ1) is 18.4. The minimum absolute atomic E-state index is 0.0512. The van der Waals surface area contributed by atoms with Gasteiger partial charge in [0.2, 0.25) is 11.8 Å². The summed E-state index contributed by atoms with van der Waals surface area (Å²) in [5.41, 5.74) is 4.69. The molecule has 3 aliphatic rings. The Morgan fingerprint density at radius 1 is 1.07 bits per heavy atom. The average molecular weight is 411 g/mol. The molecule has 5 rings (SSSR count). The number of amides is 2. The lowest BCUT2D eigenvalue weighted by atomic mass is 9.77. The van der Waals surface area contributed by atoms with E-state index in [4.69, 9.17) is 11.6 Å². The average Bonchev–Trinajstić information content (AvgIpc) is 3.08. The molecule has 0 saturated carbocycles. The Kier molecular flexibility index (Phi) is 4.46. The molecule has 0 aliphatic carbocycles. The Morgan fingerprint density at radius 2 is 1.90 bits per heavy atom. The van der Waals surface area contributed by atoms with Crippen molar-refractivity contribution >= 4 is 34.8 Å². The summed E-state index contributed by atoms with van der Waals surface area (Å²) in [5, 5.41) is 6.57. The fraction of sp³-hybridized carbons (Fsp3) is 0.409. The van der Waals surface area contributed by atoms with Crippen LogP contribution in [0.25, 0.3) is 11.1 Å². The van der Waals surface area contributed by atoms with Crippen molar-refractivity contribution in [2.75, 3.05) is 29.9 Å². The number of halogens is 1. The summed E-state index contributed by atoms with van der Waals surface area (Å²) in [7, 11) is 0. The van der Waals surface area contributed by atoms with Crippen LogP contribution in [-0.2, 0) is 16.0 Å². The summed E-state index contributed by atoms with van der Waals surface area (Å²) in [6.07, 6.45) is 7.38. The SMILES string of the molecule is O=C1CCc2ccc(-c3cncc(Cl)c3N3CCC4(CCNC4=O)CC3)cc2N1. The first-order chi connectivity index (χ1) is 14.1. The van der Waals surface area contributed by atoms with Gasteiger partial charge in [0, 0.05) is 49.7 Å². The Hall–Kier alpha value is -2.60. The zero-order valence-electron chi connectivity index (χ0n) is 16.1. The Morgan fingerprint density at radius 3 is 2.66 bits per heavy atom. The molecule has 29 heavy (non-hydrogen) atoms. The van der Waals surface area contributed by atoms with Gasteiger partial charge in [0.25, 0.3) is 0 Å². The van der Waals surface area contributed by atoms with Crippen LogP contribution in [0.3, 0.4) is 0 Å². The third-order valence-corrected chi connectivity index (χ3v) is 6.87. The molecule has 1 aromatic heterocycles. The number of fused-ring (bicyclic) bond motifs is 1. The highest BCUT2D eigenvalue weighted by atomic mass is 35.5. The zero-order chi connectivity index (χ0) is 20.0. The Bertz CT molecular complexity index is 998. The molecule has 2 aromatic rings. The predicted molar refractivity (Wildman–Crippen MR) is 113 cm³/mol. The first-order valence-corrected chi connectivity index (χ1v) is 10.5. The normalized spacial score (nSPS) is 20.4. The largest absolute Gasteiger partial charge is 0.370 e. The van der Waals surface area contributed by atoms with Crippen molar-refractivity contribution in [1.29, 1.82) is 0 Å². The monoisotopic (exact) mass is 410 g/mol. The van der Waals surface area contributed by atoms with E-state index in [1.54, 1.807) is 6.20 Å². The second-order valence-corrected chi connectivity index (χ2v) is 8.62. The van der Waals surface area contributed by atoms with E-state index in [1.807, 2.05) is 12.3 Å². The topological polar surface area (TPSA) is 74.3 Å². The van der Waals surface area contributed by atoms with Gasteiger partial charge in [0.15, 0.2) is 0 Å². The number of aryl methyl sites for hydroxylation is 1. The van der Waals surface area contributed by atoms with Crippen LogP contribution in [0.15, 0.2) is 30.6 Å². The van der Waals surface area contributed by atoms with Crippen LogP contribution < -0.4 is 15.5 Å². The van der Waals surface area contributed by atoms with E-state index in [0.29, 0.717) is 11.4 Å². The van der Waals surface area contributed by atoms with Gasteiger partial charge in [-0.3, -0.25) is 14.6 Å². The summed E-state index contributed by atoms with van der Waals surface area (Å²) >= 11 is 6.61. The van der Waals surface area contributed by atoms with Crippen LogP contribution in [-0.4, -0.2) is 36.4 Å². The predicted octanol–water partition coefficient (Wildman–Crippen LogP) is 3.39. The third-order valence-electron chi connectivity index (χ3n) is 6.60. The Balaban J connectivity index is 1.48. The molecule has 0 radical (unpaired) electrons. The molecule has 4 heterocycles. The quantitative estimate of drug-likeness (QED) is 0.795. The van der Waals surface area contributed by atoms with Crippen LogP contribution in [0.5, 0.6) is 0 Å². The number of hydrogen-bond acceptors (Lipinski definition) is 4. The fourth-order valence-corrected chi connectivity index (χ4v) is 5.13. The van der Waals surface area contributed by atoms with Crippen molar-refractivity contribution in [3.05, 3.63) is 41.2 Å². The molecule has 2 amide bonds. The van der Waals surface area contributed by atoms with Gasteiger partial charge in [0.1, 0.15) is 0 Å². The first-order valence-electron chi connectivity index (χ1n) is 10.2. The third kappa shape index (κ3) is 3.15. The number of carbonyl (C=O) groups is 2. The van der Waals surface area contributed by atoms with E-state index in [-0.39, 0.29) is 17.2 Å². The molecule has 1 aromatic carbocycles. The maximum absolute atomic E-state index is 12.3. The van der Waals surface area contributed by atoms with Gasteiger partial charge >= 0.3 is 0 Å². The van der Waals surface area contributed by atoms with Crippen molar-refractivity contribution in [3.63, 3.8) is 0 Å². The van der Waals surface area contributed by atoms with Crippen LogP contribution >= 0.6 is 11.6 Å². The van der Waals surface area contributed by atoms with E-state index in [1.165, 1.54) is 0 Å². The second-order valence-electron chi connectivity index (χ2n) is 8.21. The number of rotatable bonds is 2. The van der Waals surface area contributed by atoms with Gasteiger partial charge in [-0.25, -0.2) is 0 Å². The van der Waals surface area contributed by atoms with Crippen LogP contribution in [0, 0.1) is 5.41 Å². The number of nitrogens with one attached hydrogen (secondary N) is 2. The standard InChI is InChI=1S/C22H23ClN4O2/c23-17-13-24-12-16(15-2-1-14-3-4-19(28)26-18(14)11-15)20(17)27-9-6-22(7-10-27)5-8-25-21(22)29/h1-2,11-13H,3-10H2,(H,25,29)(H,26,28). The number of aromatic nitrogens is 1. The van der Waals surface area contributed by atoms with E-state index >= 15 is 0 Å². The fourth-order valence-electron chi connectivity index (χ4n) is 4.85. The molecule has 7 heteroatoms. The number of anilines is 2. The number of benzene rings is 1. The summed E-state index contributed by atoms with van der Waals surface area (Å²) in [4.78, 5) is 30.7. The maximum Gasteiger partial charge on any atom is 0.226 e. The lowest BCUT2D eigenvalue weighted by molar-refractivity contribution is -0.128. The zero-order valence-corrected chi connectivity index (χ0v) is 16.9. The van der Waals surface area contributed by atoms with Crippen LogP contribution in [0.4, 0.5) is 11.4 Å². The molecule has 0 atom stereocenters. The van der Waals surface area contributed by atoms with Crippen molar-refractivity contribution in [2.24, 2.45) is 5.41 Å². The minimum Gasteiger partial charge on any atom is -0.370 e. The van der Waals surface area contributed by atoms with Crippen molar-refractivity contribution < 1.29 is 9.59 Å². The molecule has 1 spiro atoms.